The van der Waals surface area contributed by atoms with Gasteiger partial charge in [0.15, 0.2) is 6.61 Å². The molecule has 2 N–H and O–H groups in total. The number of hydrazone groups is 1. The van der Waals surface area contributed by atoms with Crippen molar-refractivity contribution in [1.82, 2.24) is 10.7 Å². The molecular weight excluding hydrogens is 344 g/mol. The van der Waals surface area contributed by atoms with E-state index < -0.39 is 5.91 Å². The fourth-order valence-electron chi connectivity index (χ4n) is 2.16. The minimum atomic E-state index is -0.417. The summed E-state index contributed by atoms with van der Waals surface area (Å²) in [5.74, 6) is -0.186. The Hall–Kier alpha value is -3.35. The lowest BCUT2D eigenvalue weighted by Gasteiger charge is -2.11. The number of rotatable bonds is 8. The van der Waals surface area contributed by atoms with Gasteiger partial charge in [0.2, 0.25) is 0 Å². The van der Waals surface area contributed by atoms with Gasteiger partial charge in [0.25, 0.3) is 11.8 Å². The third-order valence-corrected chi connectivity index (χ3v) is 3.62. The van der Waals surface area contributed by atoms with Gasteiger partial charge in [-0.3, -0.25) is 9.59 Å². The minimum absolute atomic E-state index is 0.155. The van der Waals surface area contributed by atoms with Gasteiger partial charge in [-0.2, -0.15) is 5.10 Å². The standard InChI is InChI=1S/C20H24N4O3/c1-15-5-4-6-18(11-15)27-14-20(26)21-13-19(25)23-22-12-16-7-9-17(10-8-16)24(2)3/h4-12H,13-14H2,1-3H3,(H,21,26)(H,23,25). The fourth-order valence-corrected chi connectivity index (χ4v) is 2.16. The Kier molecular flexibility index (Phi) is 7.37. The molecule has 2 rings (SSSR count). The zero-order chi connectivity index (χ0) is 19.6. The Bertz CT molecular complexity index is 801. The van der Waals surface area contributed by atoms with Crippen molar-refractivity contribution < 1.29 is 14.3 Å². The van der Waals surface area contributed by atoms with Crippen molar-refractivity contribution in [3.63, 3.8) is 0 Å². The topological polar surface area (TPSA) is 83.0 Å². The number of hydrogen-bond acceptors (Lipinski definition) is 5. The zero-order valence-electron chi connectivity index (χ0n) is 15.7. The van der Waals surface area contributed by atoms with Gasteiger partial charge in [0.1, 0.15) is 5.75 Å². The summed E-state index contributed by atoms with van der Waals surface area (Å²) in [6, 6.07) is 15.1. The first-order valence-corrected chi connectivity index (χ1v) is 8.49. The largest absolute Gasteiger partial charge is 0.484 e. The van der Waals surface area contributed by atoms with Crippen LogP contribution in [0.1, 0.15) is 11.1 Å². The fraction of sp³-hybridized carbons (Fsp3) is 0.250. The van der Waals surface area contributed by atoms with Gasteiger partial charge in [0, 0.05) is 19.8 Å². The number of amides is 2. The number of nitrogens with zero attached hydrogens (tertiary/aromatic N) is 2. The van der Waals surface area contributed by atoms with Gasteiger partial charge < -0.3 is 15.0 Å². The maximum atomic E-state index is 11.7. The van der Waals surface area contributed by atoms with E-state index in [4.69, 9.17) is 4.74 Å². The van der Waals surface area contributed by atoms with Crippen LogP contribution in [-0.2, 0) is 9.59 Å². The van der Waals surface area contributed by atoms with E-state index in [1.54, 1.807) is 12.3 Å². The molecule has 0 radical (unpaired) electrons. The van der Waals surface area contributed by atoms with Gasteiger partial charge in [-0.05, 0) is 42.3 Å². The average molecular weight is 368 g/mol. The molecule has 142 valence electrons. The van der Waals surface area contributed by atoms with Crippen molar-refractivity contribution in [2.75, 3.05) is 32.1 Å². The number of carbonyl (C=O) groups excluding carboxylic acids is 2. The van der Waals surface area contributed by atoms with Crippen LogP contribution < -0.4 is 20.4 Å². The van der Waals surface area contributed by atoms with E-state index in [0.29, 0.717) is 5.75 Å². The lowest BCUT2D eigenvalue weighted by Crippen LogP contribution is -2.37. The normalized spacial score (nSPS) is 10.5. The van der Waals surface area contributed by atoms with Gasteiger partial charge in [-0.15, -0.1) is 0 Å². The summed E-state index contributed by atoms with van der Waals surface area (Å²) in [6.07, 6.45) is 1.54. The Balaban J connectivity index is 1.68. The van der Waals surface area contributed by atoms with E-state index in [1.165, 1.54) is 0 Å². The van der Waals surface area contributed by atoms with Gasteiger partial charge in [-0.1, -0.05) is 24.3 Å². The molecular formula is C20H24N4O3. The highest BCUT2D eigenvalue weighted by Gasteiger charge is 2.06. The first kappa shape index (κ1) is 20.0. The van der Waals surface area contributed by atoms with Crippen LogP contribution in [0, 0.1) is 6.92 Å². The second-order valence-corrected chi connectivity index (χ2v) is 6.16. The molecule has 7 heteroatoms. The van der Waals surface area contributed by atoms with Crippen molar-refractivity contribution in [3.05, 3.63) is 59.7 Å². The minimum Gasteiger partial charge on any atom is -0.484 e. The van der Waals surface area contributed by atoms with Crippen molar-refractivity contribution in [2.24, 2.45) is 5.10 Å². The zero-order valence-corrected chi connectivity index (χ0v) is 15.7. The summed E-state index contributed by atoms with van der Waals surface area (Å²) in [4.78, 5) is 25.4. The van der Waals surface area contributed by atoms with Crippen molar-refractivity contribution in [1.29, 1.82) is 0 Å². The van der Waals surface area contributed by atoms with Crippen LogP contribution >= 0.6 is 0 Å². The Morgan fingerprint density at radius 2 is 1.85 bits per heavy atom. The third-order valence-electron chi connectivity index (χ3n) is 3.62. The molecule has 2 amide bonds. The maximum Gasteiger partial charge on any atom is 0.259 e. The summed E-state index contributed by atoms with van der Waals surface area (Å²) < 4.78 is 5.37. The average Bonchev–Trinajstić information content (AvgIpc) is 2.65. The lowest BCUT2D eigenvalue weighted by molar-refractivity contribution is -0.127. The molecule has 0 atom stereocenters. The Morgan fingerprint density at radius 3 is 2.52 bits per heavy atom. The van der Waals surface area contributed by atoms with Gasteiger partial charge in [-0.25, -0.2) is 5.43 Å². The first-order valence-electron chi connectivity index (χ1n) is 8.49. The van der Waals surface area contributed by atoms with E-state index >= 15 is 0 Å². The van der Waals surface area contributed by atoms with Crippen molar-refractivity contribution in [3.8, 4) is 5.75 Å². The number of nitrogens with one attached hydrogen (secondary N) is 2. The highest BCUT2D eigenvalue weighted by atomic mass is 16.5. The van der Waals surface area contributed by atoms with E-state index in [0.717, 1.165) is 16.8 Å². The summed E-state index contributed by atoms with van der Waals surface area (Å²) in [5, 5.41) is 6.36. The Labute approximate surface area is 159 Å². The molecule has 0 aromatic heterocycles. The van der Waals surface area contributed by atoms with E-state index in [9.17, 15) is 9.59 Å². The highest BCUT2D eigenvalue weighted by Crippen LogP contribution is 2.12. The summed E-state index contributed by atoms with van der Waals surface area (Å²) in [5.41, 5.74) is 5.35. The maximum absolute atomic E-state index is 11.7. The van der Waals surface area contributed by atoms with Crippen LogP contribution in [0.15, 0.2) is 53.6 Å². The van der Waals surface area contributed by atoms with Gasteiger partial charge >= 0.3 is 0 Å². The lowest BCUT2D eigenvalue weighted by atomic mass is 10.2. The molecule has 0 aliphatic rings. The summed E-state index contributed by atoms with van der Waals surface area (Å²) in [6.45, 7) is 1.61. The first-order chi connectivity index (χ1) is 12.9. The summed E-state index contributed by atoms with van der Waals surface area (Å²) in [7, 11) is 3.92. The Morgan fingerprint density at radius 1 is 1.11 bits per heavy atom. The molecule has 0 unspecified atom stereocenters. The number of ether oxygens (including phenoxy) is 1. The van der Waals surface area contributed by atoms with E-state index in [2.05, 4.69) is 15.8 Å². The number of hydrogen-bond donors (Lipinski definition) is 2. The molecule has 0 aliphatic heterocycles. The smallest absolute Gasteiger partial charge is 0.259 e. The summed E-state index contributed by atoms with van der Waals surface area (Å²) >= 11 is 0. The number of anilines is 1. The third kappa shape index (κ3) is 7.19. The van der Waals surface area contributed by atoms with Crippen molar-refractivity contribution >= 4 is 23.7 Å². The quantitative estimate of drug-likeness (QED) is 0.549. The number of benzene rings is 2. The highest BCUT2D eigenvalue weighted by molar-refractivity contribution is 5.86. The predicted octanol–water partition coefficient (Wildman–Crippen LogP) is 1.71. The van der Waals surface area contributed by atoms with Gasteiger partial charge in [0.05, 0.1) is 12.8 Å². The second kappa shape index (κ2) is 9.96. The second-order valence-electron chi connectivity index (χ2n) is 6.16. The molecule has 0 spiro atoms. The molecule has 0 saturated heterocycles. The molecule has 27 heavy (non-hydrogen) atoms. The van der Waals surface area contributed by atoms with Crippen LogP contribution in [0.2, 0.25) is 0 Å². The molecule has 7 nitrogen and oxygen atoms in total. The molecule has 0 bridgehead atoms. The van der Waals surface area contributed by atoms with Crippen LogP contribution in [0.3, 0.4) is 0 Å². The molecule has 2 aromatic rings. The number of aryl methyl sites for hydroxylation is 1. The van der Waals surface area contributed by atoms with Crippen LogP contribution in [-0.4, -0.2) is 45.3 Å². The van der Waals surface area contributed by atoms with E-state index in [1.807, 2.05) is 68.4 Å². The van der Waals surface area contributed by atoms with Crippen LogP contribution in [0.5, 0.6) is 5.75 Å². The monoisotopic (exact) mass is 368 g/mol. The van der Waals surface area contributed by atoms with E-state index in [-0.39, 0.29) is 19.1 Å². The van der Waals surface area contributed by atoms with Crippen LogP contribution in [0.25, 0.3) is 0 Å². The molecule has 0 fully saturated rings. The predicted molar refractivity (Wildman–Crippen MR) is 106 cm³/mol. The van der Waals surface area contributed by atoms with Crippen LogP contribution in [0.4, 0.5) is 5.69 Å². The van der Waals surface area contributed by atoms with Crippen molar-refractivity contribution in [2.45, 2.75) is 6.92 Å². The SMILES string of the molecule is Cc1cccc(OCC(=O)NCC(=O)NN=Cc2ccc(N(C)C)cc2)c1. The molecule has 0 heterocycles. The molecule has 0 saturated carbocycles. The molecule has 0 aliphatic carbocycles. The number of carbonyl (C=O) groups is 2. The molecule has 2 aromatic carbocycles.